The van der Waals surface area contributed by atoms with Crippen LogP contribution in [0.2, 0.25) is 0 Å². The highest BCUT2D eigenvalue weighted by molar-refractivity contribution is 5.87. The number of aliphatic hydroxyl groups is 1. The minimum absolute atomic E-state index is 0.00172. The SMILES string of the molecule is CC[C@@H](CCCCNC(=O)CC[C@H](NC(=O)CC[C@H](CC(=O)COCCOCCNC(=O)COCCOCCCC(=O)CC[C@H](NC(=O)CCCCCCCCCCCCCCCCC(=O)O)C(=O)O)C(=O)O)C(=O)O)C(=O)CO. The number of carboxylic acid groups (broad SMARTS) is 4. The van der Waals surface area contributed by atoms with E-state index in [0.717, 1.165) is 51.4 Å². The molecule has 0 heterocycles. The number of aliphatic hydroxyl groups excluding tert-OH is 1. The van der Waals surface area contributed by atoms with Crippen molar-refractivity contribution in [1.29, 1.82) is 0 Å². The van der Waals surface area contributed by atoms with Crippen LogP contribution in [0, 0.1) is 11.8 Å². The lowest BCUT2D eigenvalue weighted by Gasteiger charge is -2.16. The summed E-state index contributed by atoms with van der Waals surface area (Å²) in [5, 5.41) is 56.5. The Kier molecular flexibility index (Phi) is 47.1. The van der Waals surface area contributed by atoms with Gasteiger partial charge in [-0.1, -0.05) is 90.4 Å². The molecule has 0 rings (SSSR count). The molecule has 0 bridgehead atoms. The van der Waals surface area contributed by atoms with Crippen molar-refractivity contribution >= 4 is 64.9 Å². The molecule has 0 unspecified atom stereocenters. The predicted octanol–water partition coefficient (Wildman–Crippen LogP) is 4.86. The number of unbranched alkanes of at least 4 members (excludes halogenated alkanes) is 14. The van der Waals surface area contributed by atoms with Gasteiger partial charge in [0.1, 0.15) is 37.7 Å². The Morgan fingerprint density at radius 1 is 0.388 bits per heavy atom. The molecule has 0 fully saturated rings. The highest BCUT2D eigenvalue weighted by Gasteiger charge is 2.26. The Balaban J connectivity index is 3.98. The second-order valence-electron chi connectivity index (χ2n) is 20.1. The molecule has 80 heavy (non-hydrogen) atoms. The highest BCUT2D eigenvalue weighted by atomic mass is 16.5. The number of amides is 4. The lowest BCUT2D eigenvalue weighted by atomic mass is 9.95. The summed E-state index contributed by atoms with van der Waals surface area (Å²) in [5.41, 5.74) is 0. The number of aliphatic carboxylic acids is 4. The fourth-order valence-electron chi connectivity index (χ4n) is 8.42. The Hall–Kier alpha value is -5.43. The van der Waals surface area contributed by atoms with Crippen molar-refractivity contribution in [1.82, 2.24) is 21.3 Å². The first kappa shape index (κ1) is 74.6. The summed E-state index contributed by atoms with van der Waals surface area (Å²) in [7, 11) is 0. The smallest absolute Gasteiger partial charge is 0.326 e. The van der Waals surface area contributed by atoms with Crippen LogP contribution in [0.3, 0.4) is 0 Å². The lowest BCUT2D eigenvalue weighted by molar-refractivity contribution is -0.145. The lowest BCUT2D eigenvalue weighted by Crippen LogP contribution is -2.42. The van der Waals surface area contributed by atoms with E-state index in [-0.39, 0.29) is 134 Å². The molecule has 0 aliphatic carbocycles. The molecule has 0 saturated carbocycles. The first-order valence-electron chi connectivity index (χ1n) is 28.9. The monoisotopic (exact) mass is 1140 g/mol. The number of Topliss-reactive ketones (excluding diaryl/α,β-unsaturated/α-hetero) is 3. The Labute approximate surface area is 471 Å². The summed E-state index contributed by atoms with van der Waals surface area (Å²) >= 11 is 0. The number of rotatable bonds is 58. The molecule has 9 N–H and O–H groups in total. The van der Waals surface area contributed by atoms with Crippen LogP contribution in [-0.4, -0.2) is 175 Å². The molecule has 0 aromatic rings. The van der Waals surface area contributed by atoms with Crippen LogP contribution in [0.1, 0.15) is 193 Å². The van der Waals surface area contributed by atoms with Crippen LogP contribution in [0.5, 0.6) is 0 Å². The maximum Gasteiger partial charge on any atom is 0.326 e. The average molecular weight is 1150 g/mol. The first-order valence-corrected chi connectivity index (χ1v) is 28.9. The molecule has 0 saturated heterocycles. The van der Waals surface area contributed by atoms with Crippen molar-refractivity contribution in [2.45, 2.75) is 205 Å². The normalized spacial score (nSPS) is 12.6. The maximum absolute atomic E-state index is 12.5. The van der Waals surface area contributed by atoms with Gasteiger partial charge in [-0.2, -0.15) is 0 Å². The van der Waals surface area contributed by atoms with Gasteiger partial charge in [-0.25, -0.2) is 9.59 Å². The maximum atomic E-state index is 12.5. The molecular weight excluding hydrogens is 1050 g/mol. The average Bonchev–Trinajstić information content (AvgIpc) is 3.41. The fourth-order valence-corrected chi connectivity index (χ4v) is 8.42. The number of hydrogen-bond donors (Lipinski definition) is 9. The van der Waals surface area contributed by atoms with Crippen LogP contribution < -0.4 is 21.3 Å². The van der Waals surface area contributed by atoms with Gasteiger partial charge in [0.2, 0.25) is 23.6 Å². The number of carbonyl (C=O) groups excluding carboxylic acids is 7. The van der Waals surface area contributed by atoms with Gasteiger partial charge >= 0.3 is 23.9 Å². The van der Waals surface area contributed by atoms with E-state index in [0.29, 0.717) is 45.1 Å². The number of nitrogens with one attached hydrogen (secondary N) is 4. The Morgan fingerprint density at radius 3 is 1.41 bits per heavy atom. The third kappa shape index (κ3) is 45.3. The van der Waals surface area contributed by atoms with E-state index in [1.807, 2.05) is 6.92 Å². The molecule has 0 aliphatic rings. The zero-order valence-corrected chi connectivity index (χ0v) is 47.5. The molecule has 24 heteroatoms. The van der Waals surface area contributed by atoms with Gasteiger partial charge in [0.25, 0.3) is 0 Å². The van der Waals surface area contributed by atoms with Crippen molar-refractivity contribution in [3.05, 3.63) is 0 Å². The van der Waals surface area contributed by atoms with Crippen molar-refractivity contribution in [2.24, 2.45) is 11.8 Å². The van der Waals surface area contributed by atoms with Gasteiger partial charge in [-0.3, -0.25) is 43.2 Å². The number of ether oxygens (including phenoxy) is 4. The topological polar surface area (TPSA) is 374 Å². The minimum Gasteiger partial charge on any atom is -0.481 e. The molecule has 4 atom stereocenters. The van der Waals surface area contributed by atoms with Gasteiger partial charge in [0.15, 0.2) is 11.6 Å². The number of carboxylic acids is 4. The van der Waals surface area contributed by atoms with Crippen LogP contribution in [0.15, 0.2) is 0 Å². The molecular formula is C56H96N4O20. The van der Waals surface area contributed by atoms with Crippen LogP contribution >= 0.6 is 0 Å². The van der Waals surface area contributed by atoms with Gasteiger partial charge in [0, 0.05) is 70.6 Å². The molecule has 0 aromatic carbocycles. The molecule has 0 aromatic heterocycles. The molecule has 0 radical (unpaired) electrons. The van der Waals surface area contributed by atoms with E-state index < -0.39 is 85.0 Å². The summed E-state index contributed by atoms with van der Waals surface area (Å²) in [6, 6.07) is -2.54. The van der Waals surface area contributed by atoms with Gasteiger partial charge < -0.3 is 65.7 Å². The van der Waals surface area contributed by atoms with Gasteiger partial charge in [-0.15, -0.1) is 0 Å². The van der Waals surface area contributed by atoms with Crippen LogP contribution in [0.4, 0.5) is 0 Å². The van der Waals surface area contributed by atoms with E-state index in [2.05, 4.69) is 21.3 Å². The molecule has 4 amide bonds. The third-order valence-electron chi connectivity index (χ3n) is 13.2. The second kappa shape index (κ2) is 50.5. The zero-order valence-electron chi connectivity index (χ0n) is 47.5. The summed E-state index contributed by atoms with van der Waals surface area (Å²) in [6.07, 6.45) is 16.9. The van der Waals surface area contributed by atoms with Crippen molar-refractivity contribution in [2.75, 3.05) is 72.6 Å². The largest absolute Gasteiger partial charge is 0.481 e. The van der Waals surface area contributed by atoms with E-state index >= 15 is 0 Å². The molecule has 460 valence electrons. The van der Waals surface area contributed by atoms with Gasteiger partial charge in [0.05, 0.1) is 39.0 Å². The van der Waals surface area contributed by atoms with Crippen molar-refractivity contribution in [3.8, 4) is 0 Å². The second-order valence-corrected chi connectivity index (χ2v) is 20.1. The zero-order chi connectivity index (χ0) is 59.6. The fraction of sp³-hybridized carbons (Fsp3) is 0.804. The van der Waals surface area contributed by atoms with Crippen LogP contribution in [-0.2, 0) is 71.7 Å². The number of hydrogen-bond acceptors (Lipinski definition) is 16. The molecule has 0 spiro atoms. The van der Waals surface area contributed by atoms with Crippen molar-refractivity contribution in [3.63, 3.8) is 0 Å². The number of carbonyl (C=O) groups is 11. The standard InChI is InChI=1S/C56H96N4O20/c1-2-42(48(64)39-61)20-17-18-30-57-49(65)29-27-47(56(75)76)60-51(67)28-24-43(54(71)72)38-45(63)40-79-36-35-78-33-31-58-52(68)41-80-37-34-77-32-19-21-44(62)25-26-46(55(73)74)59-50(66)22-15-13-11-9-7-5-3-4-6-8-10-12-14-16-23-53(69)70/h42-43,46-47,61H,2-41H2,1H3,(H,57,65)(H,58,68)(H,59,66)(H,60,67)(H,69,70)(H,71,72)(H,73,74)(H,75,76)/t42-,43+,46-,47-/m0/s1. The summed E-state index contributed by atoms with van der Waals surface area (Å²) in [4.78, 5) is 131. The first-order chi connectivity index (χ1) is 38.4. The Morgan fingerprint density at radius 2 is 0.875 bits per heavy atom. The van der Waals surface area contributed by atoms with E-state index in [1.54, 1.807) is 0 Å². The summed E-state index contributed by atoms with van der Waals surface area (Å²) < 4.78 is 21.4. The number of ketones is 3. The van der Waals surface area contributed by atoms with E-state index in [4.69, 9.17) is 29.2 Å². The minimum atomic E-state index is -1.40. The van der Waals surface area contributed by atoms with E-state index in [9.17, 15) is 68.1 Å². The van der Waals surface area contributed by atoms with Crippen molar-refractivity contribution < 1.29 is 97.2 Å². The van der Waals surface area contributed by atoms with Gasteiger partial charge in [-0.05, 0) is 57.8 Å². The molecule has 0 aliphatic heterocycles. The summed E-state index contributed by atoms with van der Waals surface area (Å²) in [5.74, 6) is -8.90. The van der Waals surface area contributed by atoms with E-state index in [1.165, 1.54) is 32.1 Å². The molecule has 24 nitrogen and oxygen atoms in total. The quantitative estimate of drug-likeness (QED) is 0.0367. The predicted molar refractivity (Wildman–Crippen MR) is 292 cm³/mol. The summed E-state index contributed by atoms with van der Waals surface area (Å²) in [6.45, 7) is 1.91. The third-order valence-corrected chi connectivity index (χ3v) is 13.2. The highest BCUT2D eigenvalue weighted by Crippen LogP contribution is 2.17. The van der Waals surface area contributed by atoms with Crippen LogP contribution in [0.25, 0.3) is 0 Å². The Bertz CT molecular complexity index is 1800.